The maximum Gasteiger partial charge on any atom is 0.435 e. The van der Waals surface area contributed by atoms with Crippen LogP contribution in [0.15, 0.2) is 6.07 Å². The Morgan fingerprint density at radius 3 is 2.58 bits per heavy atom. The second-order valence-corrected chi connectivity index (χ2v) is 5.85. The molecule has 0 spiro atoms. The average molecular weight is 273 g/mol. The molecule has 2 N–H and O–H groups in total. The summed E-state index contributed by atoms with van der Waals surface area (Å²) >= 11 is 0. The van der Waals surface area contributed by atoms with Crippen molar-refractivity contribution >= 4 is 11.9 Å². The molecule has 19 heavy (non-hydrogen) atoms. The van der Waals surface area contributed by atoms with E-state index in [1.807, 2.05) is 0 Å². The van der Waals surface area contributed by atoms with Crippen molar-refractivity contribution < 1.29 is 18.3 Å². The van der Waals surface area contributed by atoms with Gasteiger partial charge in [-0.25, -0.2) is 13.6 Å². The van der Waals surface area contributed by atoms with Crippen LogP contribution in [-0.2, 0) is 4.74 Å². The van der Waals surface area contributed by atoms with Gasteiger partial charge in [-0.05, 0) is 20.8 Å². The lowest BCUT2D eigenvalue weighted by atomic mass is 9.79. The second kappa shape index (κ2) is 4.18. The number of rotatable bonds is 1. The number of nitrogens with zero attached hydrogens (tertiary/aromatic N) is 2. The molecule has 0 unspecified atom stereocenters. The molecule has 1 fully saturated rings. The van der Waals surface area contributed by atoms with Crippen LogP contribution in [0.25, 0.3) is 0 Å². The SMILES string of the molecule is CC(C)(C)OC(=O)n1nc(N)cc1C1CC(F)(F)C1. The summed E-state index contributed by atoms with van der Waals surface area (Å²) in [5.74, 6) is -2.95. The van der Waals surface area contributed by atoms with E-state index in [2.05, 4.69) is 5.10 Å². The average Bonchev–Trinajstić information content (AvgIpc) is 2.53. The fraction of sp³-hybridized carbons (Fsp3) is 0.667. The molecule has 1 aromatic heterocycles. The van der Waals surface area contributed by atoms with Crippen LogP contribution in [0.1, 0.15) is 45.2 Å². The Morgan fingerprint density at radius 2 is 2.11 bits per heavy atom. The third-order valence-corrected chi connectivity index (χ3v) is 2.83. The van der Waals surface area contributed by atoms with Crippen LogP contribution in [0.5, 0.6) is 0 Å². The first-order chi connectivity index (χ1) is 8.57. The van der Waals surface area contributed by atoms with Crippen LogP contribution in [0.4, 0.5) is 19.4 Å². The highest BCUT2D eigenvalue weighted by Crippen LogP contribution is 2.48. The minimum Gasteiger partial charge on any atom is -0.442 e. The Labute approximate surface area is 109 Å². The van der Waals surface area contributed by atoms with Gasteiger partial charge in [-0.2, -0.15) is 4.68 Å². The predicted octanol–water partition coefficient (Wildman–Crippen LogP) is 2.76. The zero-order valence-electron chi connectivity index (χ0n) is 11.1. The summed E-state index contributed by atoms with van der Waals surface area (Å²) in [5.41, 5.74) is 5.24. The number of ether oxygens (including phenoxy) is 1. The number of alkyl halides is 2. The molecule has 106 valence electrons. The molecule has 1 aliphatic rings. The van der Waals surface area contributed by atoms with Crippen molar-refractivity contribution in [2.75, 3.05) is 5.73 Å². The second-order valence-electron chi connectivity index (χ2n) is 5.85. The summed E-state index contributed by atoms with van der Waals surface area (Å²) in [6.45, 7) is 5.15. The smallest absolute Gasteiger partial charge is 0.435 e. The minimum atomic E-state index is -2.66. The normalized spacial score (nSPS) is 19.0. The molecule has 1 saturated carbocycles. The Kier molecular flexibility index (Phi) is 3.03. The Hall–Kier alpha value is -1.66. The summed E-state index contributed by atoms with van der Waals surface area (Å²) in [5, 5.41) is 3.82. The molecule has 0 radical (unpaired) electrons. The van der Waals surface area contributed by atoms with Crippen molar-refractivity contribution in [3.63, 3.8) is 0 Å². The molecule has 1 aromatic rings. The van der Waals surface area contributed by atoms with E-state index in [0.29, 0.717) is 5.69 Å². The number of carbonyl (C=O) groups excluding carboxylic acids is 1. The number of nitrogens with two attached hydrogens (primary N) is 1. The minimum absolute atomic E-state index is 0.121. The van der Waals surface area contributed by atoms with Gasteiger partial charge in [0.1, 0.15) is 11.4 Å². The highest BCUT2D eigenvalue weighted by molar-refractivity contribution is 5.71. The molecule has 0 aromatic carbocycles. The quantitative estimate of drug-likeness (QED) is 0.854. The molecule has 0 atom stereocenters. The molecule has 5 nitrogen and oxygen atoms in total. The van der Waals surface area contributed by atoms with Crippen LogP contribution >= 0.6 is 0 Å². The van der Waals surface area contributed by atoms with Gasteiger partial charge in [0, 0.05) is 24.8 Å². The lowest BCUT2D eigenvalue weighted by Gasteiger charge is -2.34. The number of hydrogen-bond acceptors (Lipinski definition) is 4. The molecular formula is C12H17F2N3O2. The first kappa shape index (κ1) is 13.8. The number of anilines is 1. The van der Waals surface area contributed by atoms with Gasteiger partial charge >= 0.3 is 6.09 Å². The van der Waals surface area contributed by atoms with E-state index in [4.69, 9.17) is 10.5 Å². The first-order valence-corrected chi connectivity index (χ1v) is 6.04. The Morgan fingerprint density at radius 1 is 1.53 bits per heavy atom. The third kappa shape index (κ3) is 3.02. The zero-order valence-corrected chi connectivity index (χ0v) is 11.1. The van der Waals surface area contributed by atoms with E-state index < -0.39 is 23.5 Å². The van der Waals surface area contributed by atoms with E-state index in [0.717, 1.165) is 4.68 Å². The molecule has 2 rings (SSSR count). The molecule has 7 heteroatoms. The zero-order chi connectivity index (χ0) is 14.4. The van der Waals surface area contributed by atoms with Crippen LogP contribution in [0.3, 0.4) is 0 Å². The predicted molar refractivity (Wildman–Crippen MR) is 65.2 cm³/mol. The van der Waals surface area contributed by atoms with Crippen molar-refractivity contribution in [3.8, 4) is 0 Å². The van der Waals surface area contributed by atoms with Crippen LogP contribution < -0.4 is 5.73 Å². The van der Waals surface area contributed by atoms with Gasteiger partial charge < -0.3 is 10.5 Å². The van der Waals surface area contributed by atoms with Gasteiger partial charge in [-0.15, -0.1) is 5.10 Å². The molecular weight excluding hydrogens is 256 g/mol. The van der Waals surface area contributed by atoms with Gasteiger partial charge in [0.05, 0.1) is 5.69 Å². The number of nitrogen functional groups attached to an aromatic ring is 1. The number of carbonyl (C=O) groups is 1. The first-order valence-electron chi connectivity index (χ1n) is 6.04. The fourth-order valence-corrected chi connectivity index (χ4v) is 2.03. The highest BCUT2D eigenvalue weighted by atomic mass is 19.3. The van der Waals surface area contributed by atoms with Gasteiger partial charge in [0.15, 0.2) is 0 Å². The van der Waals surface area contributed by atoms with Gasteiger partial charge in [0.25, 0.3) is 0 Å². The topological polar surface area (TPSA) is 70.1 Å². The van der Waals surface area contributed by atoms with Crippen LogP contribution in [-0.4, -0.2) is 27.4 Å². The lowest BCUT2D eigenvalue weighted by molar-refractivity contribution is -0.0884. The molecule has 0 saturated heterocycles. The summed E-state index contributed by atoms with van der Waals surface area (Å²) < 4.78 is 32.0. The molecule has 0 amide bonds. The van der Waals surface area contributed by atoms with Crippen molar-refractivity contribution in [3.05, 3.63) is 11.8 Å². The van der Waals surface area contributed by atoms with Gasteiger partial charge in [-0.3, -0.25) is 0 Å². The number of halogens is 2. The molecule has 1 heterocycles. The molecule has 0 bridgehead atoms. The lowest BCUT2D eigenvalue weighted by Crippen LogP contribution is -2.36. The fourth-order valence-electron chi connectivity index (χ4n) is 2.03. The largest absolute Gasteiger partial charge is 0.442 e. The summed E-state index contributed by atoms with van der Waals surface area (Å²) in [6, 6.07) is 1.45. The maximum atomic E-state index is 12.9. The van der Waals surface area contributed by atoms with Crippen molar-refractivity contribution in [1.82, 2.24) is 9.78 Å². The number of aromatic nitrogens is 2. The monoisotopic (exact) mass is 273 g/mol. The highest BCUT2D eigenvalue weighted by Gasteiger charge is 2.47. The summed E-state index contributed by atoms with van der Waals surface area (Å²) in [7, 11) is 0. The van der Waals surface area contributed by atoms with Gasteiger partial charge in [0.2, 0.25) is 5.92 Å². The van der Waals surface area contributed by atoms with E-state index in [9.17, 15) is 13.6 Å². The van der Waals surface area contributed by atoms with E-state index in [1.165, 1.54) is 6.07 Å². The van der Waals surface area contributed by atoms with E-state index >= 15 is 0 Å². The van der Waals surface area contributed by atoms with E-state index in [1.54, 1.807) is 20.8 Å². The van der Waals surface area contributed by atoms with Crippen LogP contribution in [0.2, 0.25) is 0 Å². The van der Waals surface area contributed by atoms with Crippen molar-refractivity contribution in [1.29, 1.82) is 0 Å². The number of hydrogen-bond donors (Lipinski definition) is 1. The third-order valence-electron chi connectivity index (χ3n) is 2.83. The van der Waals surface area contributed by atoms with Gasteiger partial charge in [-0.1, -0.05) is 0 Å². The summed E-state index contributed by atoms with van der Waals surface area (Å²) in [4.78, 5) is 11.9. The maximum absolute atomic E-state index is 12.9. The van der Waals surface area contributed by atoms with Crippen molar-refractivity contribution in [2.24, 2.45) is 0 Å². The molecule has 0 aliphatic heterocycles. The van der Waals surface area contributed by atoms with E-state index in [-0.39, 0.29) is 18.7 Å². The standard InChI is InChI=1S/C12H17F2N3O2/c1-11(2,3)19-10(18)17-8(4-9(15)16-17)7-5-12(13,14)6-7/h4,7H,5-6H2,1-3H3,(H2,15,16). The Bertz CT molecular complexity index is 498. The van der Waals surface area contributed by atoms with Crippen LogP contribution in [0, 0.1) is 0 Å². The summed E-state index contributed by atoms with van der Waals surface area (Å²) in [6.07, 6.45) is -1.28. The molecule has 1 aliphatic carbocycles. The van der Waals surface area contributed by atoms with Crippen molar-refractivity contribution in [2.45, 2.75) is 51.1 Å². The Balaban J connectivity index is 2.20.